The first-order valence-electron chi connectivity index (χ1n) is 21.0. The van der Waals surface area contributed by atoms with Crippen LogP contribution < -0.4 is 0 Å². The van der Waals surface area contributed by atoms with E-state index >= 15 is 0 Å². The molecule has 12 heteroatoms. The minimum atomic E-state index is -4.53. The predicted octanol–water partition coefficient (Wildman–Crippen LogP) is 11.7. The molecule has 2 rings (SSSR count). The van der Waals surface area contributed by atoms with Crippen LogP contribution in [0.15, 0.2) is 0 Å². The van der Waals surface area contributed by atoms with Crippen LogP contribution in [0.4, 0.5) is 4.79 Å². The van der Waals surface area contributed by atoms with E-state index < -0.39 is 33.0 Å². The quantitative estimate of drug-likeness (QED) is 0.0481. The maximum Gasteiger partial charge on any atom is 0.438 e. The summed E-state index contributed by atoms with van der Waals surface area (Å²) in [7, 11) is -11.2. The van der Waals surface area contributed by atoms with E-state index in [9.17, 15) is 31.3 Å². The van der Waals surface area contributed by atoms with Crippen molar-refractivity contribution in [1.82, 2.24) is 0 Å². The molecule has 0 heterocycles. The van der Waals surface area contributed by atoms with E-state index in [1.165, 1.54) is 128 Å². The van der Waals surface area contributed by atoms with Gasteiger partial charge in [-0.1, -0.05) is 167 Å². The van der Waals surface area contributed by atoms with Crippen molar-refractivity contribution in [3.63, 3.8) is 0 Å². The lowest BCUT2D eigenvalue weighted by Gasteiger charge is -2.24. The summed E-state index contributed by atoms with van der Waals surface area (Å²) >= 11 is 0. The predicted molar refractivity (Wildman–Crippen MR) is 210 cm³/mol. The molecule has 0 saturated heterocycles. The summed E-state index contributed by atoms with van der Waals surface area (Å²) in [4.78, 5) is 11.6. The lowest BCUT2D eigenvalue weighted by molar-refractivity contribution is 0.175. The van der Waals surface area contributed by atoms with Crippen LogP contribution in [0.2, 0.25) is 0 Å². The molecule has 0 spiro atoms. The lowest BCUT2D eigenvalue weighted by Crippen LogP contribution is -2.15. The Morgan fingerprint density at radius 2 is 0.745 bits per heavy atom. The van der Waals surface area contributed by atoms with Crippen molar-refractivity contribution < 1.29 is 40.3 Å². The first kappa shape index (κ1) is 46.7. The number of unbranched alkanes of at least 4 members (excludes halogenated alkanes) is 18. The molecule has 1 N–H and O–H groups in total. The Balaban J connectivity index is 1.40. The van der Waals surface area contributed by atoms with Crippen LogP contribution in [0, 0.1) is 11.8 Å². The minimum absolute atomic E-state index is 0.0122. The molecule has 302 valence electrons. The van der Waals surface area contributed by atoms with Crippen LogP contribution in [0.5, 0.6) is 0 Å². The van der Waals surface area contributed by atoms with E-state index in [1.807, 2.05) is 0 Å². The fraction of sp³-hybridized carbons (Fsp3) is 0.974. The van der Waals surface area contributed by atoms with Crippen LogP contribution >= 0.6 is 7.60 Å². The van der Waals surface area contributed by atoms with E-state index in [1.54, 1.807) is 0 Å². The van der Waals surface area contributed by atoms with Gasteiger partial charge in [-0.05, 0) is 37.5 Å². The normalized spacial score (nSPS) is 15.9. The first-order chi connectivity index (χ1) is 24.5. The molecule has 0 amide bonds. The van der Waals surface area contributed by atoms with Gasteiger partial charge in [0.2, 0.25) is 0 Å². The Morgan fingerprint density at radius 3 is 1.02 bits per heavy atom. The summed E-state index contributed by atoms with van der Waals surface area (Å²) in [6.07, 6.45) is 34.4. The van der Waals surface area contributed by atoms with Crippen LogP contribution in [0.1, 0.15) is 193 Å². The van der Waals surface area contributed by atoms with Gasteiger partial charge in [0.15, 0.2) is 0 Å². The highest BCUT2D eigenvalue weighted by Gasteiger charge is 2.35. The topological polar surface area (TPSA) is 141 Å². The standard InChI is InChI=1S/C39H75O9PS2/c40-39(41)49(42,47-31-23-35-50(43,44)33-19-15-11-7-3-1-5-9-13-17-25-37-27-21-28-37)48-32-24-36-51(45,46)34-20-16-12-8-4-2-6-10-14-18-26-38-29-22-30-38/h37-38H,1-36H2,(H,40,41). The third kappa shape index (κ3) is 24.5. The zero-order chi connectivity index (χ0) is 37.1. The minimum Gasteiger partial charge on any atom is -0.472 e. The van der Waals surface area contributed by atoms with Crippen LogP contribution in [-0.2, 0) is 33.3 Å². The second kappa shape index (κ2) is 28.0. The fourth-order valence-electron chi connectivity index (χ4n) is 7.18. The van der Waals surface area contributed by atoms with Crippen molar-refractivity contribution in [1.29, 1.82) is 0 Å². The summed E-state index contributed by atoms with van der Waals surface area (Å²) < 4.78 is 72.4. The van der Waals surface area contributed by atoms with Crippen molar-refractivity contribution >= 4 is 33.0 Å². The van der Waals surface area contributed by atoms with Crippen LogP contribution in [-0.4, -0.2) is 63.9 Å². The molecule has 0 aromatic heterocycles. The first-order valence-corrected chi connectivity index (χ1v) is 26.2. The molecule has 0 radical (unpaired) electrons. The molecule has 0 aliphatic heterocycles. The number of carboxylic acid groups (broad SMARTS) is 1. The number of hydrogen-bond acceptors (Lipinski definition) is 8. The highest BCUT2D eigenvalue weighted by atomic mass is 32.2. The Hall–Kier alpha value is -0.480. The van der Waals surface area contributed by atoms with Gasteiger partial charge < -0.3 is 14.2 Å². The fourth-order valence-corrected chi connectivity index (χ4v) is 11.0. The molecule has 51 heavy (non-hydrogen) atoms. The van der Waals surface area contributed by atoms with E-state index in [4.69, 9.17) is 9.05 Å². The summed E-state index contributed by atoms with van der Waals surface area (Å²) in [6.45, 7) is -0.663. The third-order valence-electron chi connectivity index (χ3n) is 11.0. The highest BCUT2D eigenvalue weighted by molar-refractivity contribution is 7.91. The maximum atomic E-state index is 12.7. The molecule has 0 atom stereocenters. The Bertz CT molecular complexity index is 1070. The van der Waals surface area contributed by atoms with E-state index in [0.717, 1.165) is 50.4 Å². The van der Waals surface area contributed by atoms with Crippen molar-refractivity contribution in [2.75, 3.05) is 36.2 Å². The van der Waals surface area contributed by atoms with Gasteiger partial charge in [-0.25, -0.2) is 26.2 Å². The summed E-state index contributed by atoms with van der Waals surface area (Å²) in [6, 6.07) is 0. The van der Waals surface area contributed by atoms with Gasteiger partial charge in [0.25, 0.3) is 0 Å². The molecular weight excluding hydrogens is 708 g/mol. The zero-order valence-corrected chi connectivity index (χ0v) is 34.6. The van der Waals surface area contributed by atoms with Gasteiger partial charge >= 0.3 is 13.3 Å². The molecular formula is C39H75O9PS2. The lowest BCUT2D eigenvalue weighted by atomic mass is 9.81. The molecule has 0 aromatic carbocycles. The second-order valence-corrected chi connectivity index (χ2v) is 22.2. The monoisotopic (exact) mass is 782 g/mol. The van der Waals surface area contributed by atoms with Gasteiger partial charge in [-0.15, -0.1) is 0 Å². The van der Waals surface area contributed by atoms with Crippen LogP contribution in [0.3, 0.4) is 0 Å². The molecule has 2 aliphatic rings. The van der Waals surface area contributed by atoms with Crippen molar-refractivity contribution in [2.24, 2.45) is 11.8 Å². The SMILES string of the molecule is O=C(O)P(=O)(OCCCS(=O)(=O)CCCCCCCCCCCCC1CCC1)OCCCS(=O)(=O)CCCCCCCCCCCCC1CCC1. The van der Waals surface area contributed by atoms with Gasteiger partial charge in [-0.2, -0.15) is 0 Å². The summed E-state index contributed by atoms with van der Waals surface area (Å²) in [5, 5.41) is 9.40. The van der Waals surface area contributed by atoms with Crippen LogP contribution in [0.25, 0.3) is 0 Å². The molecule has 0 aromatic rings. The average Bonchev–Trinajstić information content (AvgIpc) is 3.04. The molecule has 0 unspecified atom stereocenters. The van der Waals surface area contributed by atoms with E-state index in [-0.39, 0.29) is 49.1 Å². The third-order valence-corrected chi connectivity index (χ3v) is 16.2. The Morgan fingerprint density at radius 1 is 0.471 bits per heavy atom. The van der Waals surface area contributed by atoms with Gasteiger partial charge in [0, 0.05) is 0 Å². The highest BCUT2D eigenvalue weighted by Crippen LogP contribution is 2.49. The number of rotatable bonds is 37. The Labute approximate surface area is 312 Å². The number of sulfone groups is 2. The average molecular weight is 783 g/mol. The van der Waals surface area contributed by atoms with Gasteiger partial charge in [-0.3, -0.25) is 0 Å². The summed E-state index contributed by atoms with van der Waals surface area (Å²) in [5.41, 5.74) is -1.76. The van der Waals surface area contributed by atoms with Crippen molar-refractivity contribution in [3.05, 3.63) is 0 Å². The molecule has 2 aliphatic carbocycles. The van der Waals surface area contributed by atoms with Gasteiger partial charge in [0.1, 0.15) is 19.7 Å². The smallest absolute Gasteiger partial charge is 0.438 e. The molecule has 9 nitrogen and oxygen atoms in total. The maximum absolute atomic E-state index is 12.7. The Kier molecular flexibility index (Phi) is 25.6. The molecule has 2 fully saturated rings. The van der Waals surface area contributed by atoms with Gasteiger partial charge in [0.05, 0.1) is 36.2 Å². The van der Waals surface area contributed by atoms with E-state index in [0.29, 0.717) is 12.8 Å². The summed E-state index contributed by atoms with van der Waals surface area (Å²) in [5.74, 6) is 1.84. The zero-order valence-electron chi connectivity index (χ0n) is 32.1. The molecule has 0 bridgehead atoms. The largest absolute Gasteiger partial charge is 0.472 e. The number of hydrogen-bond donors (Lipinski definition) is 1. The number of carbonyl (C=O) groups is 1. The second-order valence-electron chi connectivity index (χ2n) is 15.7. The molecule has 2 saturated carbocycles. The van der Waals surface area contributed by atoms with Crippen molar-refractivity contribution in [2.45, 2.75) is 193 Å². The van der Waals surface area contributed by atoms with E-state index in [2.05, 4.69) is 0 Å². The van der Waals surface area contributed by atoms with Crippen molar-refractivity contribution in [3.8, 4) is 0 Å².